The van der Waals surface area contributed by atoms with E-state index in [4.69, 9.17) is 4.74 Å². The molecule has 1 heterocycles. The fraction of sp³-hybridized carbons (Fsp3) is 0.353. The SMILES string of the molecule is CCNCc1ccc(-c2ccccc2OCC)n(C)c1=O. The van der Waals surface area contributed by atoms with Crippen LogP contribution in [0.4, 0.5) is 0 Å². The third-order valence-electron chi connectivity index (χ3n) is 3.41. The first-order valence-electron chi connectivity index (χ1n) is 7.30. The molecule has 4 nitrogen and oxygen atoms in total. The van der Waals surface area contributed by atoms with Crippen LogP contribution in [0.5, 0.6) is 5.75 Å². The summed E-state index contributed by atoms with van der Waals surface area (Å²) in [5.74, 6) is 0.800. The molecule has 2 aromatic rings. The molecule has 0 aliphatic rings. The van der Waals surface area contributed by atoms with Crippen molar-refractivity contribution in [1.82, 2.24) is 9.88 Å². The molecule has 0 atom stereocenters. The first-order valence-corrected chi connectivity index (χ1v) is 7.30. The number of nitrogens with zero attached hydrogens (tertiary/aromatic N) is 1. The third kappa shape index (κ3) is 3.34. The Bertz CT molecular complexity index is 662. The van der Waals surface area contributed by atoms with Gasteiger partial charge >= 0.3 is 0 Å². The maximum absolute atomic E-state index is 12.4. The summed E-state index contributed by atoms with van der Waals surface area (Å²) in [6.07, 6.45) is 0. The molecule has 0 fully saturated rings. The first kappa shape index (κ1) is 15.3. The van der Waals surface area contributed by atoms with Crippen molar-refractivity contribution in [1.29, 1.82) is 0 Å². The van der Waals surface area contributed by atoms with Gasteiger partial charge in [-0.05, 0) is 31.7 Å². The van der Waals surface area contributed by atoms with Crippen LogP contribution in [-0.4, -0.2) is 17.7 Å². The van der Waals surface area contributed by atoms with Gasteiger partial charge in [-0.15, -0.1) is 0 Å². The van der Waals surface area contributed by atoms with E-state index in [9.17, 15) is 4.79 Å². The van der Waals surface area contributed by atoms with Gasteiger partial charge in [0.2, 0.25) is 0 Å². The Morgan fingerprint density at radius 2 is 1.90 bits per heavy atom. The third-order valence-corrected chi connectivity index (χ3v) is 3.41. The van der Waals surface area contributed by atoms with Gasteiger partial charge < -0.3 is 14.6 Å². The van der Waals surface area contributed by atoms with E-state index in [2.05, 4.69) is 5.32 Å². The lowest BCUT2D eigenvalue weighted by atomic mass is 10.1. The van der Waals surface area contributed by atoms with E-state index in [0.717, 1.165) is 29.1 Å². The van der Waals surface area contributed by atoms with Crippen LogP contribution in [0.15, 0.2) is 41.2 Å². The van der Waals surface area contributed by atoms with Crippen molar-refractivity contribution in [3.8, 4) is 17.0 Å². The number of ether oxygens (including phenoxy) is 1. The van der Waals surface area contributed by atoms with Crippen molar-refractivity contribution in [2.75, 3.05) is 13.2 Å². The smallest absolute Gasteiger partial charge is 0.255 e. The van der Waals surface area contributed by atoms with E-state index in [1.165, 1.54) is 0 Å². The van der Waals surface area contributed by atoms with Gasteiger partial charge in [-0.2, -0.15) is 0 Å². The maximum Gasteiger partial charge on any atom is 0.255 e. The molecule has 2 rings (SSSR count). The molecule has 112 valence electrons. The van der Waals surface area contributed by atoms with E-state index in [1.54, 1.807) is 11.6 Å². The normalized spacial score (nSPS) is 10.6. The van der Waals surface area contributed by atoms with Crippen molar-refractivity contribution < 1.29 is 4.74 Å². The molecule has 0 saturated heterocycles. The number of nitrogens with one attached hydrogen (secondary N) is 1. The van der Waals surface area contributed by atoms with E-state index in [0.29, 0.717) is 13.2 Å². The maximum atomic E-state index is 12.4. The molecule has 0 aliphatic heterocycles. The lowest BCUT2D eigenvalue weighted by Gasteiger charge is -2.14. The Morgan fingerprint density at radius 3 is 2.62 bits per heavy atom. The number of benzene rings is 1. The van der Waals surface area contributed by atoms with Gasteiger partial charge in [-0.3, -0.25) is 4.79 Å². The summed E-state index contributed by atoms with van der Waals surface area (Å²) in [6, 6.07) is 11.7. The summed E-state index contributed by atoms with van der Waals surface area (Å²) >= 11 is 0. The van der Waals surface area contributed by atoms with E-state index >= 15 is 0 Å². The van der Waals surface area contributed by atoms with Crippen LogP contribution < -0.4 is 15.6 Å². The molecule has 1 N–H and O–H groups in total. The standard InChI is InChI=1S/C17H22N2O2/c1-4-18-12-13-10-11-15(19(3)17(13)20)14-8-6-7-9-16(14)21-5-2/h6-11,18H,4-5,12H2,1-3H3. The fourth-order valence-electron chi connectivity index (χ4n) is 2.31. The second-order valence-corrected chi connectivity index (χ2v) is 4.82. The molecular weight excluding hydrogens is 264 g/mol. The van der Waals surface area contributed by atoms with Crippen molar-refractivity contribution in [3.63, 3.8) is 0 Å². The molecule has 0 saturated carbocycles. The van der Waals surface area contributed by atoms with Gasteiger partial charge in [0.25, 0.3) is 5.56 Å². The molecule has 1 aromatic carbocycles. The minimum Gasteiger partial charge on any atom is -0.493 e. The topological polar surface area (TPSA) is 43.3 Å². The summed E-state index contributed by atoms with van der Waals surface area (Å²) in [7, 11) is 1.80. The van der Waals surface area contributed by atoms with Crippen molar-refractivity contribution in [2.24, 2.45) is 7.05 Å². The van der Waals surface area contributed by atoms with Crippen LogP contribution in [0.1, 0.15) is 19.4 Å². The zero-order valence-corrected chi connectivity index (χ0v) is 12.8. The zero-order valence-electron chi connectivity index (χ0n) is 12.8. The van der Waals surface area contributed by atoms with Crippen LogP contribution in [0.2, 0.25) is 0 Å². The average molecular weight is 286 g/mol. The average Bonchev–Trinajstić information content (AvgIpc) is 2.50. The second kappa shape index (κ2) is 7.09. The highest BCUT2D eigenvalue weighted by Gasteiger charge is 2.11. The Hall–Kier alpha value is -2.07. The van der Waals surface area contributed by atoms with Crippen LogP contribution in [0, 0.1) is 0 Å². The number of para-hydroxylation sites is 1. The Kier molecular flexibility index (Phi) is 5.17. The van der Waals surface area contributed by atoms with Crippen molar-refractivity contribution in [3.05, 3.63) is 52.3 Å². The number of hydrogen-bond donors (Lipinski definition) is 1. The monoisotopic (exact) mass is 286 g/mol. The van der Waals surface area contributed by atoms with Crippen LogP contribution in [0.3, 0.4) is 0 Å². The molecule has 0 spiro atoms. The van der Waals surface area contributed by atoms with Gasteiger partial charge in [0.1, 0.15) is 5.75 Å². The summed E-state index contributed by atoms with van der Waals surface area (Å²) in [6.45, 7) is 6.02. The lowest BCUT2D eigenvalue weighted by Crippen LogP contribution is -2.26. The zero-order chi connectivity index (χ0) is 15.2. The van der Waals surface area contributed by atoms with E-state index in [1.807, 2.05) is 50.2 Å². The van der Waals surface area contributed by atoms with Crippen molar-refractivity contribution in [2.45, 2.75) is 20.4 Å². The quantitative estimate of drug-likeness (QED) is 0.887. The van der Waals surface area contributed by atoms with E-state index < -0.39 is 0 Å². The van der Waals surface area contributed by atoms with Crippen LogP contribution >= 0.6 is 0 Å². The molecule has 0 bridgehead atoms. The molecule has 4 heteroatoms. The van der Waals surface area contributed by atoms with Gasteiger partial charge in [-0.1, -0.05) is 25.1 Å². The fourth-order valence-corrected chi connectivity index (χ4v) is 2.31. The number of rotatable bonds is 6. The largest absolute Gasteiger partial charge is 0.493 e. The van der Waals surface area contributed by atoms with Crippen molar-refractivity contribution >= 4 is 0 Å². The minimum atomic E-state index is 0.0275. The highest BCUT2D eigenvalue weighted by atomic mass is 16.5. The first-order chi connectivity index (χ1) is 10.2. The molecule has 1 aromatic heterocycles. The summed E-state index contributed by atoms with van der Waals surface area (Å²) in [5.41, 5.74) is 2.61. The molecule has 0 aliphatic carbocycles. The number of hydrogen-bond acceptors (Lipinski definition) is 3. The highest BCUT2D eigenvalue weighted by Crippen LogP contribution is 2.28. The van der Waals surface area contributed by atoms with Gasteiger partial charge in [-0.25, -0.2) is 0 Å². The lowest BCUT2D eigenvalue weighted by molar-refractivity contribution is 0.341. The van der Waals surface area contributed by atoms with Gasteiger partial charge in [0, 0.05) is 24.7 Å². The summed E-state index contributed by atoms with van der Waals surface area (Å²) < 4.78 is 7.34. The van der Waals surface area contributed by atoms with E-state index in [-0.39, 0.29) is 5.56 Å². The van der Waals surface area contributed by atoms with Crippen LogP contribution in [0.25, 0.3) is 11.3 Å². The summed E-state index contributed by atoms with van der Waals surface area (Å²) in [4.78, 5) is 12.4. The van der Waals surface area contributed by atoms with Crippen LogP contribution in [-0.2, 0) is 13.6 Å². The number of aromatic nitrogens is 1. The molecule has 0 amide bonds. The molecule has 0 radical (unpaired) electrons. The Morgan fingerprint density at radius 1 is 1.14 bits per heavy atom. The minimum absolute atomic E-state index is 0.0275. The van der Waals surface area contributed by atoms with Gasteiger partial charge in [0.15, 0.2) is 0 Å². The van der Waals surface area contributed by atoms with Gasteiger partial charge in [0.05, 0.1) is 12.3 Å². The predicted octanol–water partition coefficient (Wildman–Crippen LogP) is 2.56. The number of pyridine rings is 1. The molecular formula is C17H22N2O2. The Balaban J connectivity index is 2.46. The summed E-state index contributed by atoms with van der Waals surface area (Å²) in [5, 5.41) is 3.19. The molecule has 0 unspecified atom stereocenters. The highest BCUT2D eigenvalue weighted by molar-refractivity contribution is 5.67. The predicted molar refractivity (Wildman–Crippen MR) is 85.7 cm³/mol. The Labute approximate surface area is 125 Å². The second-order valence-electron chi connectivity index (χ2n) is 4.82. The molecule has 21 heavy (non-hydrogen) atoms.